The standard InChI is InChI=1S/C14H19NO4/c1-3-6-15-12-8-18-13-7-10(4-5-11(12)13)19-9(2)14(16)17/h4-5,7,9,12,15H,3,6,8H2,1-2H3,(H,16,17). The molecule has 2 rings (SSSR count). The molecule has 2 unspecified atom stereocenters. The molecule has 1 aliphatic heterocycles. The minimum atomic E-state index is -0.982. The highest BCUT2D eigenvalue weighted by molar-refractivity contribution is 5.72. The summed E-state index contributed by atoms with van der Waals surface area (Å²) in [6, 6.07) is 5.68. The van der Waals surface area contributed by atoms with E-state index in [0.717, 1.165) is 24.3 Å². The van der Waals surface area contributed by atoms with Gasteiger partial charge in [0, 0.05) is 11.6 Å². The summed E-state index contributed by atoms with van der Waals surface area (Å²) >= 11 is 0. The minimum absolute atomic E-state index is 0.209. The number of carboxylic acids is 1. The third-order valence-corrected chi connectivity index (χ3v) is 3.07. The molecule has 0 fully saturated rings. The zero-order valence-electron chi connectivity index (χ0n) is 11.2. The van der Waals surface area contributed by atoms with Crippen molar-refractivity contribution in [1.29, 1.82) is 0 Å². The lowest BCUT2D eigenvalue weighted by molar-refractivity contribution is -0.144. The van der Waals surface area contributed by atoms with Gasteiger partial charge in [-0.25, -0.2) is 4.79 Å². The van der Waals surface area contributed by atoms with Crippen LogP contribution in [-0.2, 0) is 4.79 Å². The average Bonchev–Trinajstić information content (AvgIpc) is 2.78. The topological polar surface area (TPSA) is 67.8 Å². The molecule has 0 spiro atoms. The second kappa shape index (κ2) is 5.93. The maximum Gasteiger partial charge on any atom is 0.344 e. The van der Waals surface area contributed by atoms with E-state index in [2.05, 4.69) is 12.2 Å². The molecule has 104 valence electrons. The highest BCUT2D eigenvalue weighted by atomic mass is 16.5. The summed E-state index contributed by atoms with van der Waals surface area (Å²) in [6.45, 7) is 5.17. The van der Waals surface area contributed by atoms with Gasteiger partial charge in [-0.3, -0.25) is 0 Å². The first-order valence-corrected chi connectivity index (χ1v) is 6.51. The van der Waals surface area contributed by atoms with Crippen molar-refractivity contribution in [3.63, 3.8) is 0 Å². The molecule has 1 aromatic carbocycles. The molecule has 2 N–H and O–H groups in total. The molecule has 0 aromatic heterocycles. The summed E-state index contributed by atoms with van der Waals surface area (Å²) in [6.07, 6.45) is 0.205. The van der Waals surface area contributed by atoms with E-state index < -0.39 is 12.1 Å². The fourth-order valence-electron chi connectivity index (χ4n) is 2.01. The molecule has 5 nitrogen and oxygen atoms in total. The minimum Gasteiger partial charge on any atom is -0.491 e. The van der Waals surface area contributed by atoms with Crippen LogP contribution in [0.5, 0.6) is 11.5 Å². The predicted molar refractivity (Wildman–Crippen MR) is 70.7 cm³/mol. The monoisotopic (exact) mass is 265 g/mol. The van der Waals surface area contributed by atoms with Crippen molar-refractivity contribution in [1.82, 2.24) is 5.32 Å². The highest BCUT2D eigenvalue weighted by Crippen LogP contribution is 2.35. The van der Waals surface area contributed by atoms with Crippen molar-refractivity contribution in [2.45, 2.75) is 32.4 Å². The van der Waals surface area contributed by atoms with Gasteiger partial charge in [-0.05, 0) is 32.0 Å². The summed E-state index contributed by atoms with van der Waals surface area (Å²) in [5.74, 6) is 0.303. The number of nitrogens with one attached hydrogen (secondary N) is 1. The first-order valence-electron chi connectivity index (χ1n) is 6.51. The summed E-state index contributed by atoms with van der Waals surface area (Å²) in [5.41, 5.74) is 1.10. The molecule has 2 atom stereocenters. The highest BCUT2D eigenvalue weighted by Gasteiger charge is 2.24. The zero-order valence-corrected chi connectivity index (χ0v) is 11.2. The Morgan fingerprint density at radius 2 is 2.42 bits per heavy atom. The van der Waals surface area contributed by atoms with Gasteiger partial charge >= 0.3 is 5.97 Å². The van der Waals surface area contributed by atoms with E-state index in [-0.39, 0.29) is 6.04 Å². The number of rotatable bonds is 6. The number of hydrogen-bond donors (Lipinski definition) is 2. The molecule has 1 heterocycles. The molecule has 0 bridgehead atoms. The molecule has 0 radical (unpaired) electrons. The SMILES string of the molecule is CCCNC1COc2cc(OC(C)C(=O)O)ccc21. The Balaban J connectivity index is 2.07. The molecule has 19 heavy (non-hydrogen) atoms. The molecular formula is C14H19NO4. The molecule has 5 heteroatoms. The second-order valence-electron chi connectivity index (χ2n) is 4.62. The van der Waals surface area contributed by atoms with Gasteiger partial charge in [0.25, 0.3) is 0 Å². The number of ether oxygens (including phenoxy) is 2. The van der Waals surface area contributed by atoms with Crippen molar-refractivity contribution in [3.05, 3.63) is 23.8 Å². The van der Waals surface area contributed by atoms with E-state index in [1.807, 2.05) is 6.07 Å². The summed E-state index contributed by atoms with van der Waals surface area (Å²) in [4.78, 5) is 10.7. The van der Waals surface area contributed by atoms with Crippen LogP contribution in [0.1, 0.15) is 31.9 Å². The van der Waals surface area contributed by atoms with Crippen LogP contribution in [0.15, 0.2) is 18.2 Å². The fraction of sp³-hybridized carbons (Fsp3) is 0.500. The third-order valence-electron chi connectivity index (χ3n) is 3.07. The Morgan fingerprint density at radius 3 is 3.11 bits per heavy atom. The first kappa shape index (κ1) is 13.7. The van der Waals surface area contributed by atoms with Crippen molar-refractivity contribution in [3.8, 4) is 11.5 Å². The van der Waals surface area contributed by atoms with E-state index in [4.69, 9.17) is 14.6 Å². The van der Waals surface area contributed by atoms with Gasteiger partial charge in [0.15, 0.2) is 6.10 Å². The molecule has 0 amide bonds. The van der Waals surface area contributed by atoms with Gasteiger partial charge in [-0.2, -0.15) is 0 Å². The Bertz CT molecular complexity index is 461. The summed E-state index contributed by atoms with van der Waals surface area (Å²) < 4.78 is 10.9. The molecule has 0 aliphatic carbocycles. The van der Waals surface area contributed by atoms with E-state index >= 15 is 0 Å². The van der Waals surface area contributed by atoms with Crippen molar-refractivity contribution in [2.75, 3.05) is 13.2 Å². The van der Waals surface area contributed by atoms with Crippen LogP contribution in [-0.4, -0.2) is 30.3 Å². The van der Waals surface area contributed by atoms with E-state index in [1.54, 1.807) is 12.1 Å². The van der Waals surface area contributed by atoms with Crippen LogP contribution in [0.25, 0.3) is 0 Å². The average molecular weight is 265 g/mol. The van der Waals surface area contributed by atoms with Gasteiger partial charge in [-0.15, -0.1) is 0 Å². The van der Waals surface area contributed by atoms with E-state index in [9.17, 15) is 4.79 Å². The maximum atomic E-state index is 10.7. The van der Waals surface area contributed by atoms with Crippen LogP contribution < -0.4 is 14.8 Å². The maximum absolute atomic E-state index is 10.7. The normalized spacial score (nSPS) is 18.5. The molecule has 0 saturated heterocycles. The second-order valence-corrected chi connectivity index (χ2v) is 4.62. The predicted octanol–water partition coefficient (Wildman–Crippen LogP) is 1.97. The number of fused-ring (bicyclic) bond motifs is 1. The van der Waals surface area contributed by atoms with Crippen LogP contribution in [0.3, 0.4) is 0 Å². The van der Waals surface area contributed by atoms with Crippen molar-refractivity contribution < 1.29 is 19.4 Å². The van der Waals surface area contributed by atoms with Gasteiger partial charge in [-0.1, -0.05) is 6.92 Å². The Morgan fingerprint density at radius 1 is 1.63 bits per heavy atom. The number of carbonyl (C=O) groups is 1. The lowest BCUT2D eigenvalue weighted by Gasteiger charge is -2.12. The lowest BCUT2D eigenvalue weighted by atomic mass is 10.1. The Labute approximate surface area is 112 Å². The van der Waals surface area contributed by atoms with E-state index in [1.165, 1.54) is 6.92 Å². The largest absolute Gasteiger partial charge is 0.491 e. The summed E-state index contributed by atoms with van der Waals surface area (Å²) in [5, 5.41) is 12.2. The van der Waals surface area contributed by atoms with Gasteiger partial charge in [0.1, 0.15) is 18.1 Å². The quantitative estimate of drug-likeness (QED) is 0.823. The zero-order chi connectivity index (χ0) is 13.8. The van der Waals surface area contributed by atoms with Gasteiger partial charge < -0.3 is 19.9 Å². The molecule has 1 aromatic rings. The summed E-state index contributed by atoms with van der Waals surface area (Å²) in [7, 11) is 0. The van der Waals surface area contributed by atoms with Gasteiger partial charge in [0.05, 0.1) is 6.04 Å². The third kappa shape index (κ3) is 3.17. The fourth-order valence-corrected chi connectivity index (χ4v) is 2.01. The van der Waals surface area contributed by atoms with Crippen LogP contribution in [0.2, 0.25) is 0 Å². The van der Waals surface area contributed by atoms with Crippen LogP contribution in [0.4, 0.5) is 0 Å². The molecule has 0 saturated carbocycles. The lowest BCUT2D eigenvalue weighted by Crippen LogP contribution is -2.23. The van der Waals surface area contributed by atoms with Crippen LogP contribution in [0, 0.1) is 0 Å². The molecule has 1 aliphatic rings. The van der Waals surface area contributed by atoms with Crippen molar-refractivity contribution >= 4 is 5.97 Å². The van der Waals surface area contributed by atoms with Crippen molar-refractivity contribution in [2.24, 2.45) is 0 Å². The Kier molecular flexibility index (Phi) is 4.27. The van der Waals surface area contributed by atoms with Gasteiger partial charge in [0.2, 0.25) is 0 Å². The smallest absolute Gasteiger partial charge is 0.344 e. The number of hydrogen-bond acceptors (Lipinski definition) is 4. The molecular weight excluding hydrogens is 246 g/mol. The Hall–Kier alpha value is -1.75. The number of benzene rings is 1. The number of carboxylic acid groups (broad SMARTS) is 1. The van der Waals surface area contributed by atoms with Crippen LogP contribution >= 0.6 is 0 Å². The van der Waals surface area contributed by atoms with E-state index in [0.29, 0.717) is 12.4 Å². The first-order chi connectivity index (χ1) is 9.11. The number of aliphatic carboxylic acids is 1.